The number of fused-ring (bicyclic) bond motifs is 1. The number of aromatic amines is 1. The summed E-state index contributed by atoms with van der Waals surface area (Å²) in [4.78, 5) is 31.5. The Kier molecular flexibility index (Phi) is 6.88. The van der Waals surface area contributed by atoms with Crippen LogP contribution in [-0.2, 0) is 0 Å². The van der Waals surface area contributed by atoms with E-state index >= 15 is 0 Å². The Bertz CT molecular complexity index is 1390. The molecule has 0 radical (unpaired) electrons. The molecule has 180 valence electrons. The van der Waals surface area contributed by atoms with Crippen molar-refractivity contribution in [3.8, 4) is 10.4 Å². The molecule has 5 rings (SSSR count). The lowest BCUT2D eigenvalue weighted by Crippen LogP contribution is -2.27. The Hall–Kier alpha value is -3.16. The fraction of sp³-hybridized carbons (Fsp3) is 0.357. The smallest absolute Gasteiger partial charge is 0.169 e. The Balaban J connectivity index is 1.59. The summed E-state index contributed by atoms with van der Waals surface area (Å²) in [5.41, 5.74) is 7.36. The summed E-state index contributed by atoms with van der Waals surface area (Å²) in [6.07, 6.45) is 8.94. The highest BCUT2D eigenvalue weighted by atomic mass is 32.1. The van der Waals surface area contributed by atoms with Crippen molar-refractivity contribution in [1.82, 2.24) is 20.3 Å². The highest BCUT2D eigenvalue weighted by Crippen LogP contribution is 2.34. The van der Waals surface area contributed by atoms with Crippen molar-refractivity contribution in [3.63, 3.8) is 0 Å². The van der Waals surface area contributed by atoms with Crippen molar-refractivity contribution >= 4 is 33.7 Å². The van der Waals surface area contributed by atoms with Crippen molar-refractivity contribution in [2.24, 2.45) is 4.99 Å². The van der Waals surface area contributed by atoms with Crippen LogP contribution in [0.2, 0.25) is 0 Å². The summed E-state index contributed by atoms with van der Waals surface area (Å²) >= 11 is 1.51. The minimum Gasteiger partial charge on any atom is -0.352 e. The fourth-order valence-corrected chi connectivity index (χ4v) is 5.65. The molecule has 0 unspecified atom stereocenters. The number of nitrogens with one attached hydrogen (secondary N) is 2. The summed E-state index contributed by atoms with van der Waals surface area (Å²) in [5, 5.41) is 4.53. The Morgan fingerprint density at radius 3 is 2.74 bits per heavy atom. The van der Waals surface area contributed by atoms with E-state index in [2.05, 4.69) is 41.3 Å². The number of hydrogen-bond acceptors (Lipinski definition) is 6. The van der Waals surface area contributed by atoms with Crippen LogP contribution in [0.5, 0.6) is 0 Å². The number of piperidine rings is 1. The topological polar surface area (TPSA) is 83.0 Å². The second-order valence-corrected chi connectivity index (χ2v) is 10.3. The van der Waals surface area contributed by atoms with E-state index in [1.165, 1.54) is 11.3 Å². The van der Waals surface area contributed by atoms with Gasteiger partial charge in [-0.1, -0.05) is 6.92 Å². The number of aryl methyl sites for hydroxylation is 1. The van der Waals surface area contributed by atoms with Gasteiger partial charge in [0.05, 0.1) is 28.0 Å². The highest BCUT2D eigenvalue weighted by Gasteiger charge is 2.21. The van der Waals surface area contributed by atoms with Gasteiger partial charge in [-0.15, -0.1) is 11.3 Å². The van der Waals surface area contributed by atoms with Gasteiger partial charge in [0.1, 0.15) is 0 Å². The van der Waals surface area contributed by atoms with Crippen LogP contribution >= 0.6 is 11.3 Å². The summed E-state index contributed by atoms with van der Waals surface area (Å²) < 4.78 is 0. The zero-order chi connectivity index (χ0) is 24.4. The molecule has 0 saturated carbocycles. The third-order valence-electron chi connectivity index (χ3n) is 6.65. The molecule has 1 aliphatic heterocycles. The van der Waals surface area contributed by atoms with Gasteiger partial charge in [0.25, 0.3) is 0 Å². The maximum absolute atomic E-state index is 11.8. The molecule has 0 bridgehead atoms. The molecule has 0 aliphatic carbocycles. The normalized spacial score (nSPS) is 15.1. The molecule has 1 saturated heterocycles. The number of nitrogens with zero attached hydrogens (tertiary/aromatic N) is 3. The van der Waals surface area contributed by atoms with Crippen LogP contribution in [0.25, 0.3) is 21.3 Å². The molecular formula is C28H31N5OS. The van der Waals surface area contributed by atoms with Crippen molar-refractivity contribution in [1.29, 1.82) is 0 Å². The van der Waals surface area contributed by atoms with Gasteiger partial charge in [0.15, 0.2) is 5.78 Å². The van der Waals surface area contributed by atoms with Gasteiger partial charge in [0, 0.05) is 51.9 Å². The highest BCUT2D eigenvalue weighted by molar-refractivity contribution is 7.17. The first-order valence-corrected chi connectivity index (χ1v) is 13.2. The second-order valence-electron chi connectivity index (χ2n) is 9.23. The van der Waals surface area contributed by atoms with E-state index in [1.807, 2.05) is 30.7 Å². The SMILES string of the molecule is CCCN=C(c1cc2c(-c3ccc(C(C)=O)s3)cncc2[nH]1)c1cc(C2CCNCC2)ncc1C. The lowest BCUT2D eigenvalue weighted by molar-refractivity contribution is 0.102. The molecule has 1 fully saturated rings. The summed E-state index contributed by atoms with van der Waals surface area (Å²) in [5.74, 6) is 0.568. The zero-order valence-corrected chi connectivity index (χ0v) is 21.3. The second kappa shape index (κ2) is 10.2. The average Bonchev–Trinajstić information content (AvgIpc) is 3.53. The van der Waals surface area contributed by atoms with Crippen LogP contribution in [-0.4, -0.2) is 46.1 Å². The molecule has 35 heavy (non-hydrogen) atoms. The first kappa shape index (κ1) is 23.6. The van der Waals surface area contributed by atoms with Crippen LogP contribution < -0.4 is 5.32 Å². The van der Waals surface area contributed by atoms with Gasteiger partial charge in [-0.25, -0.2) is 0 Å². The number of carbonyl (C=O) groups is 1. The number of carbonyl (C=O) groups excluding carboxylic acids is 1. The minimum absolute atomic E-state index is 0.0860. The third kappa shape index (κ3) is 4.83. The number of H-pyrrole nitrogens is 1. The largest absolute Gasteiger partial charge is 0.352 e. The summed E-state index contributed by atoms with van der Waals surface area (Å²) in [6, 6.07) is 8.33. The van der Waals surface area contributed by atoms with Crippen molar-refractivity contribution in [2.75, 3.05) is 19.6 Å². The maximum atomic E-state index is 11.8. The molecule has 7 heteroatoms. The van der Waals surface area contributed by atoms with Crippen LogP contribution in [0.4, 0.5) is 0 Å². The quantitative estimate of drug-likeness (QED) is 0.252. The van der Waals surface area contributed by atoms with Crippen LogP contribution in [0, 0.1) is 6.92 Å². The van der Waals surface area contributed by atoms with E-state index in [1.54, 1.807) is 6.92 Å². The number of pyridine rings is 2. The molecule has 0 atom stereocenters. The van der Waals surface area contributed by atoms with E-state index in [-0.39, 0.29) is 5.78 Å². The first-order chi connectivity index (χ1) is 17.0. The van der Waals surface area contributed by atoms with E-state index in [9.17, 15) is 4.79 Å². The Labute approximate surface area is 209 Å². The molecule has 0 aromatic carbocycles. The summed E-state index contributed by atoms with van der Waals surface area (Å²) in [6.45, 7) is 8.70. The van der Waals surface area contributed by atoms with Gasteiger partial charge in [-0.3, -0.25) is 19.8 Å². The zero-order valence-electron chi connectivity index (χ0n) is 20.5. The molecule has 4 aromatic rings. The van der Waals surface area contributed by atoms with E-state index in [0.29, 0.717) is 5.92 Å². The van der Waals surface area contributed by atoms with Gasteiger partial charge in [-0.2, -0.15) is 0 Å². The molecule has 0 spiro atoms. The van der Waals surface area contributed by atoms with Gasteiger partial charge < -0.3 is 10.3 Å². The maximum Gasteiger partial charge on any atom is 0.169 e. The van der Waals surface area contributed by atoms with E-state index in [4.69, 9.17) is 9.98 Å². The standard InChI is InChI=1S/C28H31N5OS/c1-4-9-31-28(20-12-23(32-14-17(20)2)19-7-10-29-11-8-19)24-13-21-22(15-30-16-25(21)33-24)27-6-5-26(35-27)18(3)34/h5-6,12-16,19,29,33H,4,7-11H2,1-3H3. The van der Waals surface area contributed by atoms with E-state index in [0.717, 1.165) is 93.3 Å². The van der Waals surface area contributed by atoms with Crippen molar-refractivity contribution in [3.05, 3.63) is 70.2 Å². The third-order valence-corrected chi connectivity index (χ3v) is 7.87. The summed E-state index contributed by atoms with van der Waals surface area (Å²) in [7, 11) is 0. The predicted octanol–water partition coefficient (Wildman–Crippen LogP) is 5.91. The molecule has 5 heterocycles. The Morgan fingerprint density at radius 2 is 2.00 bits per heavy atom. The van der Waals surface area contributed by atoms with Crippen LogP contribution in [0.3, 0.4) is 0 Å². The molecule has 2 N–H and O–H groups in total. The molecular weight excluding hydrogens is 454 g/mol. The van der Waals surface area contributed by atoms with Crippen LogP contribution in [0.15, 0.2) is 47.8 Å². The van der Waals surface area contributed by atoms with Gasteiger partial charge in [-0.05, 0) is 76.0 Å². The number of rotatable bonds is 7. The fourth-order valence-electron chi connectivity index (χ4n) is 4.72. The number of aliphatic imine (C=N–C) groups is 1. The van der Waals surface area contributed by atoms with Crippen molar-refractivity contribution in [2.45, 2.75) is 46.0 Å². The molecule has 4 aromatic heterocycles. The molecule has 1 aliphatic rings. The molecule has 0 amide bonds. The van der Waals surface area contributed by atoms with Gasteiger partial charge >= 0.3 is 0 Å². The molecule has 6 nitrogen and oxygen atoms in total. The van der Waals surface area contributed by atoms with E-state index < -0.39 is 0 Å². The lowest BCUT2D eigenvalue weighted by Gasteiger charge is -2.23. The first-order valence-electron chi connectivity index (χ1n) is 12.4. The number of aromatic nitrogens is 3. The lowest BCUT2D eigenvalue weighted by atomic mass is 9.91. The number of thiophene rings is 1. The monoisotopic (exact) mass is 485 g/mol. The predicted molar refractivity (Wildman–Crippen MR) is 144 cm³/mol. The average molecular weight is 486 g/mol. The van der Waals surface area contributed by atoms with Crippen molar-refractivity contribution < 1.29 is 4.79 Å². The van der Waals surface area contributed by atoms with Gasteiger partial charge in [0.2, 0.25) is 0 Å². The number of hydrogen-bond donors (Lipinski definition) is 2. The van der Waals surface area contributed by atoms with Crippen LogP contribution in [0.1, 0.15) is 71.2 Å². The number of Topliss-reactive ketones (excluding diaryl/α,β-unsaturated/α-hetero) is 1. The minimum atomic E-state index is 0.0860. The number of ketones is 1. The Morgan fingerprint density at radius 1 is 1.17 bits per heavy atom.